The third kappa shape index (κ3) is 6.17. The number of nitrogens with zero attached hydrogens (tertiary/aromatic N) is 1. The van der Waals surface area contributed by atoms with E-state index in [4.69, 9.17) is 16.3 Å². The molecule has 0 saturated carbocycles. The second-order valence-corrected chi connectivity index (χ2v) is 7.07. The van der Waals surface area contributed by atoms with E-state index in [-0.39, 0.29) is 12.5 Å². The summed E-state index contributed by atoms with van der Waals surface area (Å²) in [5.41, 5.74) is 4.79. The molecule has 0 aromatic heterocycles. The van der Waals surface area contributed by atoms with Gasteiger partial charge in [-0.2, -0.15) is 5.10 Å². The Morgan fingerprint density at radius 2 is 1.61 bits per heavy atom. The first-order valence-corrected chi connectivity index (χ1v) is 9.99. The normalized spacial score (nSPS) is 10.8. The van der Waals surface area contributed by atoms with Gasteiger partial charge in [0.25, 0.3) is 5.91 Å². The number of carbonyl (C=O) groups excluding carboxylic acids is 2. The van der Waals surface area contributed by atoms with Crippen molar-refractivity contribution >= 4 is 29.6 Å². The number of rotatable bonds is 8. The van der Waals surface area contributed by atoms with Crippen LogP contribution in [-0.2, 0) is 9.59 Å². The lowest BCUT2D eigenvalue weighted by molar-refractivity contribution is -0.126. The Morgan fingerprint density at radius 1 is 1.00 bits per heavy atom. The van der Waals surface area contributed by atoms with Gasteiger partial charge in [-0.25, -0.2) is 5.43 Å². The number of hydrazone groups is 1. The molecule has 0 aliphatic rings. The van der Waals surface area contributed by atoms with E-state index in [2.05, 4.69) is 15.8 Å². The Morgan fingerprint density at radius 3 is 2.16 bits per heavy atom. The molecule has 0 aliphatic heterocycles. The van der Waals surface area contributed by atoms with Crippen LogP contribution in [0.3, 0.4) is 0 Å². The summed E-state index contributed by atoms with van der Waals surface area (Å²) in [6.45, 7) is -0.199. The third-order valence-electron chi connectivity index (χ3n) is 4.53. The van der Waals surface area contributed by atoms with Crippen LogP contribution in [0, 0.1) is 0 Å². The molecule has 158 valence electrons. The molecule has 0 spiro atoms. The van der Waals surface area contributed by atoms with Crippen molar-refractivity contribution in [3.63, 3.8) is 0 Å². The van der Waals surface area contributed by atoms with E-state index in [1.807, 2.05) is 60.7 Å². The summed E-state index contributed by atoms with van der Waals surface area (Å²) in [5, 5.41) is 7.03. The van der Waals surface area contributed by atoms with Crippen LogP contribution in [0.4, 0.5) is 0 Å². The highest BCUT2D eigenvalue weighted by atomic mass is 35.5. The van der Waals surface area contributed by atoms with E-state index in [0.29, 0.717) is 16.3 Å². The second kappa shape index (κ2) is 10.9. The van der Waals surface area contributed by atoms with Crippen molar-refractivity contribution in [1.29, 1.82) is 0 Å². The summed E-state index contributed by atoms with van der Waals surface area (Å²) in [6.07, 6.45) is 1.46. The van der Waals surface area contributed by atoms with Crippen LogP contribution < -0.4 is 15.5 Å². The Labute approximate surface area is 185 Å². The number of hydrogen-bond acceptors (Lipinski definition) is 4. The first kappa shape index (κ1) is 22.1. The number of amides is 2. The van der Waals surface area contributed by atoms with Gasteiger partial charge in [-0.15, -0.1) is 0 Å². The summed E-state index contributed by atoms with van der Waals surface area (Å²) >= 11 is 6.06. The maximum Gasteiger partial charge on any atom is 0.259 e. The average Bonchev–Trinajstić information content (AvgIpc) is 2.79. The molecule has 0 fully saturated rings. The molecule has 2 N–H and O–H groups in total. The molecule has 31 heavy (non-hydrogen) atoms. The Kier molecular flexibility index (Phi) is 7.79. The topological polar surface area (TPSA) is 79.8 Å². The van der Waals surface area contributed by atoms with Gasteiger partial charge < -0.3 is 10.1 Å². The van der Waals surface area contributed by atoms with Gasteiger partial charge in [-0.1, -0.05) is 72.3 Å². The summed E-state index contributed by atoms with van der Waals surface area (Å²) in [7, 11) is 1.53. The van der Waals surface area contributed by atoms with Crippen molar-refractivity contribution in [2.24, 2.45) is 5.10 Å². The highest BCUT2D eigenvalue weighted by molar-refractivity contribution is 6.32. The highest BCUT2D eigenvalue weighted by Crippen LogP contribution is 2.25. The molecular weight excluding hydrogens is 414 g/mol. The number of methoxy groups -OCH3 is 1. The zero-order valence-corrected chi connectivity index (χ0v) is 17.7. The first-order chi connectivity index (χ1) is 15.1. The van der Waals surface area contributed by atoms with Crippen LogP contribution in [0.25, 0.3) is 0 Å². The number of benzene rings is 3. The molecule has 2 amide bonds. The van der Waals surface area contributed by atoms with E-state index in [9.17, 15) is 9.59 Å². The summed E-state index contributed by atoms with van der Waals surface area (Å²) in [5.74, 6) is -0.667. The molecule has 0 aliphatic carbocycles. The van der Waals surface area contributed by atoms with Crippen molar-refractivity contribution in [3.05, 3.63) is 101 Å². The van der Waals surface area contributed by atoms with Crippen LogP contribution in [0.15, 0.2) is 84.0 Å². The Hall–Kier alpha value is -3.64. The molecule has 6 nitrogen and oxygen atoms in total. The van der Waals surface area contributed by atoms with Gasteiger partial charge in [0.2, 0.25) is 5.91 Å². The smallest absolute Gasteiger partial charge is 0.259 e. The number of hydrogen-bond donors (Lipinski definition) is 2. The predicted molar refractivity (Wildman–Crippen MR) is 121 cm³/mol. The van der Waals surface area contributed by atoms with Gasteiger partial charge in [0.05, 0.1) is 30.8 Å². The lowest BCUT2D eigenvalue weighted by atomic mass is 9.90. The molecule has 3 rings (SSSR count). The van der Waals surface area contributed by atoms with E-state index >= 15 is 0 Å². The maximum atomic E-state index is 12.9. The lowest BCUT2D eigenvalue weighted by Gasteiger charge is -2.17. The molecule has 0 heterocycles. The fraction of sp³-hybridized carbons (Fsp3) is 0.125. The zero-order chi connectivity index (χ0) is 22.1. The number of halogens is 1. The standard InChI is InChI=1S/C24H22ClN3O3/c1-31-21-13-12-17(14-20(21)25)15-27-28-22(29)16-26-24(30)23(18-8-4-2-5-9-18)19-10-6-3-7-11-19/h2-15,23H,16H2,1H3,(H,26,30)(H,28,29)/b27-15-. The second-order valence-electron chi connectivity index (χ2n) is 6.66. The molecule has 7 heteroatoms. The number of ether oxygens (including phenoxy) is 1. The van der Waals surface area contributed by atoms with Crippen LogP contribution in [0.1, 0.15) is 22.6 Å². The van der Waals surface area contributed by atoms with E-state index in [0.717, 1.165) is 11.1 Å². The van der Waals surface area contributed by atoms with Gasteiger partial charge in [0.1, 0.15) is 5.75 Å². The molecule has 0 atom stereocenters. The molecule has 0 unspecified atom stereocenters. The summed E-state index contributed by atoms with van der Waals surface area (Å²) in [4.78, 5) is 25.0. The van der Waals surface area contributed by atoms with Crippen molar-refractivity contribution in [1.82, 2.24) is 10.7 Å². The quantitative estimate of drug-likeness (QED) is 0.417. The van der Waals surface area contributed by atoms with Gasteiger partial charge in [0, 0.05) is 0 Å². The van der Waals surface area contributed by atoms with Gasteiger partial charge in [-0.3, -0.25) is 9.59 Å². The molecule has 3 aromatic carbocycles. The van der Waals surface area contributed by atoms with Crippen molar-refractivity contribution < 1.29 is 14.3 Å². The minimum Gasteiger partial charge on any atom is -0.495 e. The van der Waals surface area contributed by atoms with Crippen LogP contribution in [0.2, 0.25) is 5.02 Å². The first-order valence-electron chi connectivity index (χ1n) is 9.61. The van der Waals surface area contributed by atoms with Crippen LogP contribution in [0.5, 0.6) is 5.75 Å². The molecule has 0 radical (unpaired) electrons. The monoisotopic (exact) mass is 435 g/mol. The maximum absolute atomic E-state index is 12.9. The van der Waals surface area contributed by atoms with Gasteiger partial charge in [0.15, 0.2) is 0 Å². The molecule has 0 bridgehead atoms. The fourth-order valence-corrected chi connectivity index (χ4v) is 3.30. The van der Waals surface area contributed by atoms with Crippen LogP contribution >= 0.6 is 11.6 Å². The van der Waals surface area contributed by atoms with Crippen molar-refractivity contribution in [3.8, 4) is 5.75 Å². The third-order valence-corrected chi connectivity index (χ3v) is 4.83. The summed E-state index contributed by atoms with van der Waals surface area (Å²) in [6, 6.07) is 24.0. The lowest BCUT2D eigenvalue weighted by Crippen LogP contribution is -2.37. The fourth-order valence-electron chi connectivity index (χ4n) is 3.04. The van der Waals surface area contributed by atoms with Gasteiger partial charge >= 0.3 is 0 Å². The predicted octanol–water partition coefficient (Wildman–Crippen LogP) is 3.75. The minimum atomic E-state index is -0.514. The van der Waals surface area contributed by atoms with Crippen molar-refractivity contribution in [2.45, 2.75) is 5.92 Å². The molecular formula is C24H22ClN3O3. The Bertz CT molecular complexity index is 1020. The van der Waals surface area contributed by atoms with Gasteiger partial charge in [-0.05, 0) is 34.9 Å². The van der Waals surface area contributed by atoms with E-state index in [1.54, 1.807) is 18.2 Å². The summed E-state index contributed by atoms with van der Waals surface area (Å²) < 4.78 is 5.09. The molecule has 0 saturated heterocycles. The number of nitrogens with one attached hydrogen (secondary N) is 2. The zero-order valence-electron chi connectivity index (χ0n) is 16.9. The Balaban J connectivity index is 1.59. The SMILES string of the molecule is COc1ccc(/C=N\NC(=O)CNC(=O)C(c2ccccc2)c2ccccc2)cc1Cl. The molecule has 3 aromatic rings. The number of carbonyl (C=O) groups is 2. The minimum absolute atomic E-state index is 0.199. The van der Waals surface area contributed by atoms with E-state index < -0.39 is 11.8 Å². The van der Waals surface area contributed by atoms with E-state index in [1.165, 1.54) is 13.3 Å². The van der Waals surface area contributed by atoms with Crippen molar-refractivity contribution in [2.75, 3.05) is 13.7 Å². The highest BCUT2D eigenvalue weighted by Gasteiger charge is 2.22. The van der Waals surface area contributed by atoms with Crippen LogP contribution in [-0.4, -0.2) is 31.7 Å². The largest absolute Gasteiger partial charge is 0.495 e. The average molecular weight is 436 g/mol.